The largest absolute Gasteiger partial charge is 0.395 e. The summed E-state index contributed by atoms with van der Waals surface area (Å²) >= 11 is 0. The summed E-state index contributed by atoms with van der Waals surface area (Å²) in [7, 11) is 0. The van der Waals surface area contributed by atoms with Crippen molar-refractivity contribution in [1.29, 1.82) is 0 Å². The van der Waals surface area contributed by atoms with Gasteiger partial charge in [-0.05, 0) is 56.3 Å². The first-order valence-electron chi connectivity index (χ1n) is 7.87. The highest BCUT2D eigenvalue weighted by molar-refractivity contribution is 5.08. The van der Waals surface area contributed by atoms with Crippen LogP contribution in [0.15, 0.2) is 0 Å². The summed E-state index contributed by atoms with van der Waals surface area (Å²) in [6.45, 7) is 3.63. The van der Waals surface area contributed by atoms with E-state index in [4.69, 9.17) is 0 Å². The van der Waals surface area contributed by atoms with Crippen LogP contribution >= 0.6 is 0 Å². The number of nitrogens with one attached hydrogen (secondary N) is 1. The van der Waals surface area contributed by atoms with Gasteiger partial charge in [0.1, 0.15) is 0 Å². The number of hydrogen-bond donors (Lipinski definition) is 2. The Morgan fingerprint density at radius 1 is 1.06 bits per heavy atom. The molecule has 4 aliphatic carbocycles. The summed E-state index contributed by atoms with van der Waals surface area (Å²) in [5, 5.41) is 12.8. The van der Waals surface area contributed by atoms with Crippen molar-refractivity contribution in [3.63, 3.8) is 0 Å². The quantitative estimate of drug-likeness (QED) is 0.773. The summed E-state index contributed by atoms with van der Waals surface area (Å²) in [5.74, 6) is 3.08. The van der Waals surface area contributed by atoms with E-state index in [9.17, 15) is 5.11 Å². The molecule has 0 spiro atoms. The lowest BCUT2D eigenvalue weighted by Crippen LogP contribution is -2.65. The van der Waals surface area contributed by atoms with Gasteiger partial charge >= 0.3 is 0 Å². The van der Waals surface area contributed by atoms with Crippen LogP contribution in [0.3, 0.4) is 0 Å². The lowest BCUT2D eigenvalue weighted by molar-refractivity contribution is -0.0982. The number of piperazine rings is 1. The second-order valence-corrected chi connectivity index (χ2v) is 7.42. The van der Waals surface area contributed by atoms with E-state index in [0.29, 0.717) is 18.2 Å². The minimum Gasteiger partial charge on any atom is -0.395 e. The Bertz CT molecular complexity index is 295. The van der Waals surface area contributed by atoms with E-state index in [1.165, 1.54) is 45.1 Å². The third kappa shape index (κ3) is 1.75. The van der Waals surface area contributed by atoms with Crippen molar-refractivity contribution in [3.8, 4) is 0 Å². The maximum absolute atomic E-state index is 9.40. The number of rotatable bonds is 2. The summed E-state index contributed by atoms with van der Waals surface area (Å²) in [4.78, 5) is 2.76. The van der Waals surface area contributed by atoms with Gasteiger partial charge in [0.2, 0.25) is 0 Å². The van der Waals surface area contributed by atoms with Crippen LogP contribution in [0, 0.1) is 17.8 Å². The SMILES string of the molecule is OCC1CN(C23CC4CC(CC(C4)C2)C3)CCN1. The highest BCUT2D eigenvalue weighted by atomic mass is 16.3. The minimum absolute atomic E-state index is 0.295. The smallest absolute Gasteiger partial charge is 0.0597 e. The average Bonchev–Trinajstić information content (AvgIpc) is 2.37. The number of aliphatic hydroxyl groups excluding tert-OH is 1. The molecule has 1 aliphatic heterocycles. The van der Waals surface area contributed by atoms with Crippen LogP contribution in [0.5, 0.6) is 0 Å². The molecule has 1 saturated heterocycles. The molecule has 0 amide bonds. The molecule has 1 unspecified atom stereocenters. The van der Waals surface area contributed by atoms with E-state index in [-0.39, 0.29) is 0 Å². The van der Waals surface area contributed by atoms with Crippen LogP contribution in [0.1, 0.15) is 38.5 Å². The highest BCUT2D eigenvalue weighted by Crippen LogP contribution is 2.57. The van der Waals surface area contributed by atoms with E-state index < -0.39 is 0 Å². The predicted octanol–water partition coefficient (Wildman–Crippen LogP) is 1.22. The third-order valence-corrected chi connectivity index (χ3v) is 6.15. The van der Waals surface area contributed by atoms with E-state index in [1.807, 2.05) is 0 Å². The average molecular weight is 250 g/mol. The molecule has 0 radical (unpaired) electrons. The topological polar surface area (TPSA) is 35.5 Å². The first-order chi connectivity index (χ1) is 8.77. The maximum Gasteiger partial charge on any atom is 0.0597 e. The van der Waals surface area contributed by atoms with Crippen LogP contribution in [-0.4, -0.2) is 47.8 Å². The summed E-state index contributed by atoms with van der Waals surface area (Å²) in [6.07, 6.45) is 8.93. The van der Waals surface area contributed by atoms with Crippen molar-refractivity contribution in [1.82, 2.24) is 10.2 Å². The first kappa shape index (κ1) is 11.7. The fourth-order valence-corrected chi connectivity index (χ4v) is 5.83. The molecule has 4 bridgehead atoms. The zero-order chi connectivity index (χ0) is 12.2. The molecule has 0 aromatic rings. The molecule has 0 aromatic carbocycles. The fraction of sp³-hybridized carbons (Fsp3) is 1.00. The maximum atomic E-state index is 9.40. The second-order valence-electron chi connectivity index (χ2n) is 7.42. The molecule has 18 heavy (non-hydrogen) atoms. The summed E-state index contributed by atoms with van der Waals surface area (Å²) in [5.41, 5.74) is 0.532. The van der Waals surface area contributed by atoms with Gasteiger partial charge in [-0.2, -0.15) is 0 Å². The van der Waals surface area contributed by atoms with Gasteiger partial charge in [0.15, 0.2) is 0 Å². The summed E-state index contributed by atoms with van der Waals surface area (Å²) < 4.78 is 0. The molecule has 1 atom stereocenters. The lowest BCUT2D eigenvalue weighted by Gasteiger charge is -2.61. The Hall–Kier alpha value is -0.120. The van der Waals surface area contributed by atoms with Gasteiger partial charge < -0.3 is 10.4 Å². The van der Waals surface area contributed by atoms with Gasteiger partial charge in [-0.1, -0.05) is 0 Å². The minimum atomic E-state index is 0.295. The lowest BCUT2D eigenvalue weighted by atomic mass is 9.52. The predicted molar refractivity (Wildman–Crippen MR) is 71.4 cm³/mol. The van der Waals surface area contributed by atoms with Gasteiger partial charge in [0.25, 0.3) is 0 Å². The van der Waals surface area contributed by atoms with Crippen molar-refractivity contribution in [2.45, 2.75) is 50.1 Å². The monoisotopic (exact) mass is 250 g/mol. The fourth-order valence-electron chi connectivity index (χ4n) is 5.83. The van der Waals surface area contributed by atoms with E-state index >= 15 is 0 Å². The second kappa shape index (κ2) is 4.19. The Morgan fingerprint density at radius 2 is 1.67 bits per heavy atom. The van der Waals surface area contributed by atoms with Gasteiger partial charge in [-0.15, -0.1) is 0 Å². The van der Waals surface area contributed by atoms with Crippen LogP contribution in [-0.2, 0) is 0 Å². The molecule has 5 aliphatic rings. The molecule has 3 heteroatoms. The molecule has 0 aromatic heterocycles. The molecule has 102 valence electrons. The standard InChI is InChI=1S/C15H26N2O/c18-10-14-9-17(2-1-16-14)15-6-11-3-12(7-15)5-13(4-11)8-15/h11-14,16,18H,1-10H2. The highest BCUT2D eigenvalue weighted by Gasteiger charge is 2.53. The van der Waals surface area contributed by atoms with Gasteiger partial charge in [-0.25, -0.2) is 0 Å². The van der Waals surface area contributed by atoms with Crippen LogP contribution in [0.2, 0.25) is 0 Å². The molecule has 1 heterocycles. The first-order valence-corrected chi connectivity index (χ1v) is 7.87. The Kier molecular flexibility index (Phi) is 2.72. The van der Waals surface area contributed by atoms with E-state index in [2.05, 4.69) is 10.2 Å². The molecule has 5 rings (SSSR count). The van der Waals surface area contributed by atoms with Crippen molar-refractivity contribution in [2.75, 3.05) is 26.2 Å². The number of nitrogens with zero attached hydrogens (tertiary/aromatic N) is 1. The Labute approximate surface area is 110 Å². The van der Waals surface area contributed by atoms with E-state index in [1.54, 1.807) is 0 Å². The van der Waals surface area contributed by atoms with Crippen LogP contribution < -0.4 is 5.32 Å². The molecular formula is C15H26N2O. The van der Waals surface area contributed by atoms with Crippen molar-refractivity contribution < 1.29 is 5.11 Å². The van der Waals surface area contributed by atoms with Gasteiger partial charge in [0.05, 0.1) is 6.61 Å². The zero-order valence-electron chi connectivity index (χ0n) is 11.3. The molecular weight excluding hydrogens is 224 g/mol. The Morgan fingerprint density at radius 3 is 2.22 bits per heavy atom. The van der Waals surface area contributed by atoms with Crippen LogP contribution in [0.4, 0.5) is 0 Å². The zero-order valence-corrected chi connectivity index (χ0v) is 11.3. The van der Waals surface area contributed by atoms with Crippen molar-refractivity contribution in [3.05, 3.63) is 0 Å². The summed E-state index contributed by atoms with van der Waals surface area (Å²) in [6, 6.07) is 0.312. The number of hydrogen-bond acceptors (Lipinski definition) is 3. The van der Waals surface area contributed by atoms with Crippen molar-refractivity contribution in [2.24, 2.45) is 17.8 Å². The number of aliphatic hydroxyl groups is 1. The third-order valence-electron chi connectivity index (χ3n) is 6.15. The molecule has 2 N–H and O–H groups in total. The van der Waals surface area contributed by atoms with Gasteiger partial charge in [-0.3, -0.25) is 4.90 Å². The molecule has 3 nitrogen and oxygen atoms in total. The van der Waals surface area contributed by atoms with Gasteiger partial charge in [0, 0.05) is 31.2 Å². The van der Waals surface area contributed by atoms with Crippen molar-refractivity contribution >= 4 is 0 Å². The normalized spacial score (nSPS) is 51.8. The molecule has 4 saturated carbocycles. The Balaban J connectivity index is 1.56. The van der Waals surface area contributed by atoms with Crippen LogP contribution in [0.25, 0.3) is 0 Å². The van der Waals surface area contributed by atoms with E-state index in [0.717, 1.165) is 30.8 Å². The molecule has 5 fully saturated rings.